The second-order valence-electron chi connectivity index (χ2n) is 7.18. The van der Waals surface area contributed by atoms with E-state index in [1.54, 1.807) is 18.3 Å². The Morgan fingerprint density at radius 2 is 1.50 bits per heavy atom. The van der Waals surface area contributed by atoms with Crippen molar-refractivity contribution in [1.29, 1.82) is 0 Å². The Kier molecular flexibility index (Phi) is 5.85. The first-order valence-electron chi connectivity index (χ1n) is 9.93. The van der Waals surface area contributed by atoms with Gasteiger partial charge in [-0.05, 0) is 59.4 Å². The number of nitrogens with two attached hydrogens (primary N) is 1. The molecule has 30 heavy (non-hydrogen) atoms. The van der Waals surface area contributed by atoms with Crippen LogP contribution in [0.4, 0.5) is 11.4 Å². The van der Waals surface area contributed by atoms with Crippen molar-refractivity contribution in [2.24, 2.45) is 0 Å². The smallest absolute Gasteiger partial charge is 0.257 e. The van der Waals surface area contributed by atoms with Gasteiger partial charge in [0.25, 0.3) is 5.91 Å². The third-order valence-electron chi connectivity index (χ3n) is 5.06. The van der Waals surface area contributed by atoms with Gasteiger partial charge in [0.05, 0.1) is 16.9 Å². The molecule has 0 saturated heterocycles. The van der Waals surface area contributed by atoms with Crippen molar-refractivity contribution in [3.63, 3.8) is 0 Å². The summed E-state index contributed by atoms with van der Waals surface area (Å²) in [5.74, 6) is -0.233. The number of carbonyl (C=O) groups excluding carboxylic acids is 1. The number of aromatic nitrogens is 1. The Bertz CT molecular complexity index is 1120. The molecule has 4 heteroatoms. The molecule has 1 aromatic heterocycles. The van der Waals surface area contributed by atoms with Crippen LogP contribution in [0.3, 0.4) is 0 Å². The van der Waals surface area contributed by atoms with E-state index < -0.39 is 0 Å². The van der Waals surface area contributed by atoms with Gasteiger partial charge >= 0.3 is 0 Å². The average molecular weight is 393 g/mol. The van der Waals surface area contributed by atoms with Crippen molar-refractivity contribution >= 4 is 17.3 Å². The maximum Gasteiger partial charge on any atom is 0.257 e. The Hall–Kier alpha value is -3.92. The SMILES string of the molecule is Nc1ccc(-c2ccc(CCc3ccccc3)cc2)cc1NC(=O)c1cccnc1. The predicted molar refractivity (Wildman–Crippen MR) is 122 cm³/mol. The number of nitrogen functional groups attached to an aromatic ring is 1. The topological polar surface area (TPSA) is 68.0 Å². The molecular weight excluding hydrogens is 370 g/mol. The molecule has 0 aliphatic rings. The van der Waals surface area contributed by atoms with E-state index in [9.17, 15) is 4.79 Å². The van der Waals surface area contributed by atoms with E-state index in [0.717, 1.165) is 24.0 Å². The molecule has 0 spiro atoms. The third-order valence-corrected chi connectivity index (χ3v) is 5.06. The largest absolute Gasteiger partial charge is 0.397 e. The number of carbonyl (C=O) groups is 1. The van der Waals surface area contributed by atoms with Crippen LogP contribution in [0.15, 0.2) is 97.3 Å². The van der Waals surface area contributed by atoms with Crippen LogP contribution < -0.4 is 11.1 Å². The molecule has 0 saturated carbocycles. The molecular formula is C26H23N3O. The van der Waals surface area contributed by atoms with Gasteiger partial charge in [0.15, 0.2) is 0 Å². The van der Waals surface area contributed by atoms with Gasteiger partial charge in [0.1, 0.15) is 0 Å². The first-order chi connectivity index (χ1) is 14.7. The number of anilines is 2. The van der Waals surface area contributed by atoms with Gasteiger partial charge < -0.3 is 11.1 Å². The molecule has 0 fully saturated rings. The van der Waals surface area contributed by atoms with Gasteiger partial charge in [-0.2, -0.15) is 0 Å². The van der Waals surface area contributed by atoms with Crippen molar-refractivity contribution in [3.05, 3.63) is 114 Å². The Labute approximate surface area is 176 Å². The molecule has 1 amide bonds. The quantitative estimate of drug-likeness (QED) is 0.433. The molecule has 0 radical (unpaired) electrons. The van der Waals surface area contributed by atoms with Crippen LogP contribution in [0, 0.1) is 0 Å². The minimum absolute atomic E-state index is 0.233. The lowest BCUT2D eigenvalue weighted by Crippen LogP contribution is -2.13. The van der Waals surface area contributed by atoms with Gasteiger partial charge in [-0.25, -0.2) is 0 Å². The van der Waals surface area contributed by atoms with Gasteiger partial charge in [-0.15, -0.1) is 0 Å². The van der Waals surface area contributed by atoms with Crippen molar-refractivity contribution in [3.8, 4) is 11.1 Å². The first-order valence-corrected chi connectivity index (χ1v) is 9.93. The van der Waals surface area contributed by atoms with Gasteiger partial charge in [0, 0.05) is 12.4 Å². The summed E-state index contributed by atoms with van der Waals surface area (Å²) in [7, 11) is 0. The summed E-state index contributed by atoms with van der Waals surface area (Å²) in [5, 5.41) is 2.88. The summed E-state index contributed by atoms with van der Waals surface area (Å²) in [6, 6.07) is 28.2. The highest BCUT2D eigenvalue weighted by molar-refractivity contribution is 6.05. The monoisotopic (exact) mass is 393 g/mol. The number of aryl methyl sites for hydroxylation is 2. The summed E-state index contributed by atoms with van der Waals surface area (Å²) < 4.78 is 0. The van der Waals surface area contributed by atoms with Crippen LogP contribution in [0.2, 0.25) is 0 Å². The molecule has 0 aliphatic carbocycles. The van der Waals surface area contributed by atoms with E-state index in [2.05, 4.69) is 58.8 Å². The number of rotatable bonds is 6. The number of pyridine rings is 1. The zero-order valence-corrected chi connectivity index (χ0v) is 16.6. The zero-order chi connectivity index (χ0) is 20.8. The molecule has 148 valence electrons. The van der Waals surface area contributed by atoms with Crippen LogP contribution in [-0.2, 0) is 12.8 Å². The number of benzene rings is 3. The number of hydrogen-bond donors (Lipinski definition) is 2. The molecule has 4 nitrogen and oxygen atoms in total. The normalized spacial score (nSPS) is 10.5. The predicted octanol–water partition coefficient (Wildman–Crippen LogP) is 5.37. The van der Waals surface area contributed by atoms with E-state index in [1.807, 2.05) is 24.3 Å². The van der Waals surface area contributed by atoms with E-state index in [1.165, 1.54) is 17.3 Å². The Morgan fingerprint density at radius 3 is 2.20 bits per heavy atom. The fraction of sp³-hybridized carbons (Fsp3) is 0.0769. The summed E-state index contributed by atoms with van der Waals surface area (Å²) >= 11 is 0. The lowest BCUT2D eigenvalue weighted by Gasteiger charge is -2.11. The molecule has 0 aliphatic heterocycles. The van der Waals surface area contributed by atoms with Crippen molar-refractivity contribution in [1.82, 2.24) is 4.98 Å². The summed E-state index contributed by atoms with van der Waals surface area (Å²) in [6.45, 7) is 0. The van der Waals surface area contributed by atoms with Gasteiger partial charge in [0.2, 0.25) is 0 Å². The van der Waals surface area contributed by atoms with Crippen LogP contribution in [0.25, 0.3) is 11.1 Å². The summed E-state index contributed by atoms with van der Waals surface area (Å²) in [4.78, 5) is 16.4. The third kappa shape index (κ3) is 4.73. The summed E-state index contributed by atoms with van der Waals surface area (Å²) in [5.41, 5.74) is 12.4. The van der Waals surface area contributed by atoms with Gasteiger partial charge in [-0.3, -0.25) is 9.78 Å². The van der Waals surface area contributed by atoms with E-state index >= 15 is 0 Å². The number of nitrogens with one attached hydrogen (secondary N) is 1. The minimum atomic E-state index is -0.233. The van der Waals surface area contributed by atoms with Gasteiger partial charge in [-0.1, -0.05) is 60.7 Å². The highest BCUT2D eigenvalue weighted by Gasteiger charge is 2.09. The average Bonchev–Trinajstić information content (AvgIpc) is 2.81. The zero-order valence-electron chi connectivity index (χ0n) is 16.6. The van der Waals surface area contributed by atoms with Crippen molar-refractivity contribution in [2.75, 3.05) is 11.1 Å². The lowest BCUT2D eigenvalue weighted by atomic mass is 9.99. The standard InChI is InChI=1S/C26H23N3O/c27-24-15-14-22(17-25(24)29-26(30)23-7-4-16-28-18-23)21-12-10-20(11-13-21)9-8-19-5-2-1-3-6-19/h1-7,10-18H,8-9,27H2,(H,29,30). The van der Waals surface area contributed by atoms with E-state index in [-0.39, 0.29) is 5.91 Å². The number of hydrogen-bond acceptors (Lipinski definition) is 3. The molecule has 0 atom stereocenters. The maximum atomic E-state index is 12.4. The number of amides is 1. The Balaban J connectivity index is 1.47. The van der Waals surface area contributed by atoms with Crippen LogP contribution in [0.5, 0.6) is 0 Å². The molecule has 4 aromatic rings. The first kappa shape index (κ1) is 19.4. The second kappa shape index (κ2) is 9.05. The van der Waals surface area contributed by atoms with Crippen molar-refractivity contribution < 1.29 is 4.79 Å². The highest BCUT2D eigenvalue weighted by Crippen LogP contribution is 2.28. The fourth-order valence-corrected chi connectivity index (χ4v) is 3.33. The minimum Gasteiger partial charge on any atom is -0.397 e. The second-order valence-corrected chi connectivity index (χ2v) is 7.18. The molecule has 3 aromatic carbocycles. The summed E-state index contributed by atoms with van der Waals surface area (Å²) in [6.07, 6.45) is 5.18. The molecule has 0 bridgehead atoms. The van der Waals surface area contributed by atoms with E-state index in [0.29, 0.717) is 16.9 Å². The maximum absolute atomic E-state index is 12.4. The van der Waals surface area contributed by atoms with Crippen molar-refractivity contribution in [2.45, 2.75) is 12.8 Å². The highest BCUT2D eigenvalue weighted by atomic mass is 16.1. The molecule has 0 unspecified atom stereocenters. The molecule has 4 rings (SSSR count). The van der Waals surface area contributed by atoms with E-state index in [4.69, 9.17) is 5.73 Å². The van der Waals surface area contributed by atoms with Crippen LogP contribution in [0.1, 0.15) is 21.5 Å². The molecule has 1 heterocycles. The number of nitrogens with zero attached hydrogens (tertiary/aromatic N) is 1. The molecule has 3 N–H and O–H groups in total. The Morgan fingerprint density at radius 1 is 0.800 bits per heavy atom. The van der Waals surface area contributed by atoms with Crippen LogP contribution in [-0.4, -0.2) is 10.9 Å². The fourth-order valence-electron chi connectivity index (χ4n) is 3.33. The lowest BCUT2D eigenvalue weighted by molar-refractivity contribution is 0.102. The van der Waals surface area contributed by atoms with Crippen LogP contribution >= 0.6 is 0 Å².